The van der Waals surface area contributed by atoms with Crippen LogP contribution in [-0.2, 0) is 0 Å². The summed E-state index contributed by atoms with van der Waals surface area (Å²) in [4.78, 5) is 16.2. The molecule has 20 heavy (non-hydrogen) atoms. The third-order valence-electron chi connectivity index (χ3n) is 3.42. The Morgan fingerprint density at radius 1 is 1.40 bits per heavy atom. The Kier molecular flexibility index (Phi) is 6.75. The molecule has 1 aromatic rings. The maximum Gasteiger partial charge on any atom is 0.270 e. The predicted molar refractivity (Wildman–Crippen MR) is 79.2 cm³/mol. The van der Waals surface area contributed by atoms with Gasteiger partial charge < -0.3 is 10.4 Å². The highest BCUT2D eigenvalue weighted by molar-refractivity contribution is 5.92. The van der Waals surface area contributed by atoms with Crippen LogP contribution in [0.15, 0.2) is 18.3 Å². The standard InChI is InChI=1S/C16H22N2O2/c1-4-14(5-2)12(3)18-16(20)15-9-8-13(11-17-15)7-6-10-19/h8-9,11-12,14,19H,4-5,10H2,1-3H3,(H,18,20). The zero-order valence-corrected chi connectivity index (χ0v) is 12.3. The summed E-state index contributed by atoms with van der Waals surface area (Å²) in [5.41, 5.74) is 1.07. The van der Waals surface area contributed by atoms with Crippen molar-refractivity contribution in [1.29, 1.82) is 0 Å². The maximum atomic E-state index is 12.1. The lowest BCUT2D eigenvalue weighted by Crippen LogP contribution is -2.38. The summed E-state index contributed by atoms with van der Waals surface area (Å²) >= 11 is 0. The van der Waals surface area contributed by atoms with E-state index in [0.29, 0.717) is 17.2 Å². The van der Waals surface area contributed by atoms with Crippen molar-refractivity contribution in [2.75, 3.05) is 6.61 Å². The minimum Gasteiger partial charge on any atom is -0.384 e. The molecule has 0 saturated carbocycles. The molecule has 1 unspecified atom stereocenters. The summed E-state index contributed by atoms with van der Waals surface area (Å²) in [6, 6.07) is 3.51. The molecule has 0 spiro atoms. The highest BCUT2D eigenvalue weighted by Gasteiger charge is 2.17. The first-order chi connectivity index (χ1) is 9.62. The third-order valence-corrected chi connectivity index (χ3v) is 3.42. The molecule has 2 N–H and O–H groups in total. The number of hydrogen-bond donors (Lipinski definition) is 2. The van der Waals surface area contributed by atoms with Crippen LogP contribution in [-0.4, -0.2) is 28.6 Å². The fourth-order valence-electron chi connectivity index (χ4n) is 2.14. The summed E-state index contributed by atoms with van der Waals surface area (Å²) < 4.78 is 0. The van der Waals surface area contributed by atoms with Gasteiger partial charge in [-0.05, 0) is 25.0 Å². The Labute approximate surface area is 120 Å². The van der Waals surface area contributed by atoms with E-state index in [-0.39, 0.29) is 18.6 Å². The molecule has 4 nitrogen and oxygen atoms in total. The van der Waals surface area contributed by atoms with Crippen molar-refractivity contribution >= 4 is 5.91 Å². The number of nitrogens with one attached hydrogen (secondary N) is 1. The molecule has 1 atom stereocenters. The third kappa shape index (κ3) is 4.67. The van der Waals surface area contributed by atoms with Crippen LogP contribution in [0.1, 0.15) is 49.7 Å². The molecule has 1 rings (SSSR count). The SMILES string of the molecule is CCC(CC)C(C)NC(=O)c1ccc(C#CCO)cn1. The molecule has 0 aliphatic rings. The number of aliphatic hydroxyl groups is 1. The van der Waals surface area contributed by atoms with E-state index in [1.807, 2.05) is 6.92 Å². The van der Waals surface area contributed by atoms with Gasteiger partial charge >= 0.3 is 0 Å². The number of aromatic nitrogens is 1. The van der Waals surface area contributed by atoms with E-state index in [2.05, 4.69) is 36.0 Å². The molecule has 108 valence electrons. The number of hydrogen-bond acceptors (Lipinski definition) is 3. The summed E-state index contributed by atoms with van der Waals surface area (Å²) in [6.07, 6.45) is 3.63. The van der Waals surface area contributed by atoms with E-state index in [1.165, 1.54) is 0 Å². The van der Waals surface area contributed by atoms with Crippen LogP contribution in [0.2, 0.25) is 0 Å². The molecule has 1 amide bonds. The molecular formula is C16H22N2O2. The first-order valence-corrected chi connectivity index (χ1v) is 6.99. The average molecular weight is 274 g/mol. The van der Waals surface area contributed by atoms with E-state index in [0.717, 1.165) is 12.8 Å². The Balaban J connectivity index is 2.68. The zero-order chi connectivity index (χ0) is 15.0. The lowest BCUT2D eigenvalue weighted by atomic mass is 9.95. The Morgan fingerprint density at radius 2 is 2.10 bits per heavy atom. The summed E-state index contributed by atoms with van der Waals surface area (Å²) in [5.74, 6) is 5.60. The van der Waals surface area contributed by atoms with Gasteiger partial charge in [0.1, 0.15) is 12.3 Å². The van der Waals surface area contributed by atoms with E-state index < -0.39 is 0 Å². The van der Waals surface area contributed by atoms with Crippen LogP contribution in [0.5, 0.6) is 0 Å². The number of carbonyl (C=O) groups excluding carboxylic acids is 1. The van der Waals surface area contributed by atoms with Gasteiger partial charge in [-0.3, -0.25) is 4.79 Å². The van der Waals surface area contributed by atoms with Crippen molar-refractivity contribution in [3.05, 3.63) is 29.6 Å². The minimum absolute atomic E-state index is 0.133. The van der Waals surface area contributed by atoms with Crippen molar-refractivity contribution in [2.45, 2.75) is 39.7 Å². The van der Waals surface area contributed by atoms with Crippen molar-refractivity contribution in [3.63, 3.8) is 0 Å². The van der Waals surface area contributed by atoms with Crippen LogP contribution in [0, 0.1) is 17.8 Å². The number of amides is 1. The van der Waals surface area contributed by atoms with Gasteiger partial charge in [-0.25, -0.2) is 4.98 Å². The first kappa shape index (κ1) is 16.2. The molecule has 0 aliphatic heterocycles. The number of nitrogens with zero attached hydrogens (tertiary/aromatic N) is 1. The Bertz CT molecular complexity index is 481. The fourth-order valence-corrected chi connectivity index (χ4v) is 2.14. The molecule has 1 heterocycles. The van der Waals surface area contributed by atoms with Gasteiger partial charge in [0.25, 0.3) is 5.91 Å². The summed E-state index contributed by atoms with van der Waals surface area (Å²) in [6.45, 7) is 6.10. The van der Waals surface area contributed by atoms with Gasteiger partial charge in [0, 0.05) is 17.8 Å². The average Bonchev–Trinajstić information content (AvgIpc) is 2.46. The molecule has 1 aromatic heterocycles. The fraction of sp³-hybridized carbons (Fsp3) is 0.500. The molecule has 4 heteroatoms. The molecule has 0 aliphatic carbocycles. The van der Waals surface area contributed by atoms with Crippen LogP contribution in [0.25, 0.3) is 0 Å². The Hall–Kier alpha value is -1.86. The van der Waals surface area contributed by atoms with Crippen molar-refractivity contribution in [2.24, 2.45) is 5.92 Å². The van der Waals surface area contributed by atoms with Gasteiger partial charge in [-0.1, -0.05) is 38.5 Å². The predicted octanol–water partition coefficient (Wildman–Crippen LogP) is 1.98. The van der Waals surface area contributed by atoms with Crippen LogP contribution >= 0.6 is 0 Å². The van der Waals surface area contributed by atoms with Crippen LogP contribution < -0.4 is 5.32 Å². The number of carbonyl (C=O) groups is 1. The molecule has 0 radical (unpaired) electrons. The maximum absolute atomic E-state index is 12.1. The smallest absolute Gasteiger partial charge is 0.270 e. The van der Waals surface area contributed by atoms with Gasteiger partial charge in [-0.2, -0.15) is 0 Å². The largest absolute Gasteiger partial charge is 0.384 e. The van der Waals surface area contributed by atoms with E-state index >= 15 is 0 Å². The topological polar surface area (TPSA) is 62.2 Å². The van der Waals surface area contributed by atoms with Crippen molar-refractivity contribution in [1.82, 2.24) is 10.3 Å². The van der Waals surface area contributed by atoms with Crippen molar-refractivity contribution < 1.29 is 9.90 Å². The molecule has 0 fully saturated rings. The monoisotopic (exact) mass is 274 g/mol. The van der Waals surface area contributed by atoms with E-state index in [4.69, 9.17) is 5.11 Å². The normalized spacial score (nSPS) is 11.7. The Morgan fingerprint density at radius 3 is 2.60 bits per heavy atom. The molecular weight excluding hydrogens is 252 g/mol. The van der Waals surface area contributed by atoms with E-state index in [1.54, 1.807) is 18.3 Å². The highest BCUT2D eigenvalue weighted by Crippen LogP contribution is 2.13. The number of aliphatic hydroxyl groups excluding tert-OH is 1. The highest BCUT2D eigenvalue weighted by atomic mass is 16.2. The second kappa shape index (κ2) is 8.34. The zero-order valence-electron chi connectivity index (χ0n) is 12.3. The number of rotatable bonds is 5. The quantitative estimate of drug-likeness (QED) is 0.807. The molecule has 0 bridgehead atoms. The van der Waals surface area contributed by atoms with Crippen molar-refractivity contribution in [3.8, 4) is 11.8 Å². The summed E-state index contributed by atoms with van der Waals surface area (Å²) in [7, 11) is 0. The van der Waals surface area contributed by atoms with Gasteiger partial charge in [0.2, 0.25) is 0 Å². The molecule has 0 saturated heterocycles. The van der Waals surface area contributed by atoms with Crippen LogP contribution in [0.4, 0.5) is 0 Å². The van der Waals surface area contributed by atoms with E-state index in [9.17, 15) is 4.79 Å². The second-order valence-corrected chi connectivity index (χ2v) is 4.73. The van der Waals surface area contributed by atoms with Gasteiger partial charge in [-0.15, -0.1) is 0 Å². The first-order valence-electron chi connectivity index (χ1n) is 6.99. The van der Waals surface area contributed by atoms with Crippen LogP contribution in [0.3, 0.4) is 0 Å². The van der Waals surface area contributed by atoms with Gasteiger partial charge in [0.05, 0.1) is 0 Å². The lowest BCUT2D eigenvalue weighted by Gasteiger charge is -2.22. The minimum atomic E-state index is -0.185. The number of pyridine rings is 1. The lowest BCUT2D eigenvalue weighted by molar-refractivity contribution is 0.0920. The second-order valence-electron chi connectivity index (χ2n) is 4.73. The van der Waals surface area contributed by atoms with Gasteiger partial charge in [0.15, 0.2) is 0 Å². The molecule has 0 aromatic carbocycles. The summed E-state index contributed by atoms with van der Waals surface area (Å²) in [5, 5.41) is 11.6.